The Labute approximate surface area is 188 Å². The number of allylic oxidation sites excluding steroid dienone is 1. The van der Waals surface area contributed by atoms with Crippen molar-refractivity contribution in [3.05, 3.63) is 78.2 Å². The molecule has 1 aliphatic heterocycles. The number of benzene rings is 1. The van der Waals surface area contributed by atoms with Crippen LogP contribution in [0.3, 0.4) is 0 Å². The molecule has 0 N–H and O–H groups in total. The van der Waals surface area contributed by atoms with E-state index in [0.717, 1.165) is 16.8 Å². The highest BCUT2D eigenvalue weighted by molar-refractivity contribution is 7.07. The lowest BCUT2D eigenvalue weighted by atomic mass is 9.96. The standard InChI is InChI=1S/C23H24N4O4S/c1-6-31-22(29)19-14(3)24-23-27(20(19)15-7-9-17(30-5)10-8-15)21(28)18(32-23)11-16-12-26(4)25-13(16)2/h7-12,20H,6H2,1-5H3/b18-11+. The largest absolute Gasteiger partial charge is 0.497 e. The zero-order chi connectivity index (χ0) is 23.0. The fourth-order valence-electron chi connectivity index (χ4n) is 3.79. The van der Waals surface area contributed by atoms with Gasteiger partial charge in [-0.25, -0.2) is 9.79 Å². The first-order valence-corrected chi connectivity index (χ1v) is 11.0. The highest BCUT2D eigenvalue weighted by atomic mass is 32.1. The fourth-order valence-corrected chi connectivity index (χ4v) is 4.83. The van der Waals surface area contributed by atoms with E-state index >= 15 is 0 Å². The van der Waals surface area contributed by atoms with Gasteiger partial charge in [-0.05, 0) is 44.5 Å². The van der Waals surface area contributed by atoms with Crippen LogP contribution >= 0.6 is 11.3 Å². The Morgan fingerprint density at radius 2 is 1.97 bits per heavy atom. The van der Waals surface area contributed by atoms with Gasteiger partial charge >= 0.3 is 5.97 Å². The molecule has 166 valence electrons. The number of esters is 1. The van der Waals surface area contributed by atoms with Crippen molar-refractivity contribution in [1.82, 2.24) is 14.3 Å². The molecule has 8 nitrogen and oxygen atoms in total. The molecule has 1 atom stereocenters. The number of aryl methyl sites for hydroxylation is 2. The molecule has 0 spiro atoms. The van der Waals surface area contributed by atoms with Crippen molar-refractivity contribution >= 4 is 23.4 Å². The maximum atomic E-state index is 13.5. The number of carbonyl (C=O) groups excluding carboxylic acids is 1. The van der Waals surface area contributed by atoms with Crippen LogP contribution in [0.1, 0.15) is 36.7 Å². The molecule has 0 saturated heterocycles. The molecule has 0 amide bonds. The molecule has 0 saturated carbocycles. The maximum absolute atomic E-state index is 13.5. The molecule has 2 aromatic heterocycles. The van der Waals surface area contributed by atoms with Crippen LogP contribution in [0.25, 0.3) is 6.08 Å². The third kappa shape index (κ3) is 3.80. The number of hydrogen-bond donors (Lipinski definition) is 0. The van der Waals surface area contributed by atoms with Gasteiger partial charge < -0.3 is 9.47 Å². The summed E-state index contributed by atoms with van der Waals surface area (Å²) < 4.78 is 14.4. The maximum Gasteiger partial charge on any atom is 0.338 e. The smallest absolute Gasteiger partial charge is 0.338 e. The van der Waals surface area contributed by atoms with E-state index in [1.54, 1.807) is 30.2 Å². The third-order valence-electron chi connectivity index (χ3n) is 5.29. The van der Waals surface area contributed by atoms with E-state index in [9.17, 15) is 9.59 Å². The summed E-state index contributed by atoms with van der Waals surface area (Å²) in [7, 11) is 3.43. The van der Waals surface area contributed by atoms with Crippen LogP contribution in [0, 0.1) is 6.92 Å². The predicted octanol–water partition coefficient (Wildman–Crippen LogP) is 1.85. The first kappa shape index (κ1) is 21.8. The highest BCUT2D eigenvalue weighted by Gasteiger charge is 2.33. The number of carbonyl (C=O) groups is 1. The van der Waals surface area contributed by atoms with Gasteiger partial charge in [0.1, 0.15) is 5.75 Å². The van der Waals surface area contributed by atoms with Crippen molar-refractivity contribution < 1.29 is 14.3 Å². The number of thiazole rings is 1. The van der Waals surface area contributed by atoms with Crippen molar-refractivity contribution in [1.29, 1.82) is 0 Å². The Kier molecular flexibility index (Phi) is 5.84. The van der Waals surface area contributed by atoms with Crippen molar-refractivity contribution in [3.63, 3.8) is 0 Å². The Morgan fingerprint density at radius 1 is 1.25 bits per heavy atom. The molecular weight excluding hydrogens is 428 g/mol. The summed E-state index contributed by atoms with van der Waals surface area (Å²) in [6.07, 6.45) is 3.68. The second kappa shape index (κ2) is 8.58. The van der Waals surface area contributed by atoms with Crippen molar-refractivity contribution in [2.24, 2.45) is 12.0 Å². The predicted molar refractivity (Wildman–Crippen MR) is 121 cm³/mol. The molecule has 1 unspecified atom stereocenters. The van der Waals surface area contributed by atoms with Gasteiger partial charge in [0, 0.05) is 18.8 Å². The topological polar surface area (TPSA) is 87.7 Å². The van der Waals surface area contributed by atoms with Crippen LogP contribution in [0.15, 0.2) is 51.5 Å². The zero-order valence-electron chi connectivity index (χ0n) is 18.6. The van der Waals surface area contributed by atoms with Crippen LogP contribution in [-0.4, -0.2) is 34.0 Å². The van der Waals surface area contributed by atoms with Gasteiger partial charge in [0.2, 0.25) is 0 Å². The van der Waals surface area contributed by atoms with Gasteiger partial charge in [0.05, 0.1) is 41.3 Å². The van der Waals surface area contributed by atoms with Crippen molar-refractivity contribution in [2.75, 3.05) is 13.7 Å². The molecule has 0 fully saturated rings. The summed E-state index contributed by atoms with van der Waals surface area (Å²) in [5.74, 6) is 0.207. The lowest BCUT2D eigenvalue weighted by molar-refractivity contribution is -0.139. The minimum absolute atomic E-state index is 0.216. The molecule has 0 radical (unpaired) electrons. The summed E-state index contributed by atoms with van der Waals surface area (Å²) >= 11 is 1.29. The molecule has 32 heavy (non-hydrogen) atoms. The Bertz CT molecular complexity index is 1390. The van der Waals surface area contributed by atoms with E-state index in [1.165, 1.54) is 11.3 Å². The molecule has 1 aliphatic rings. The summed E-state index contributed by atoms with van der Waals surface area (Å²) in [5.41, 5.74) is 3.14. The molecule has 3 aromatic rings. The summed E-state index contributed by atoms with van der Waals surface area (Å²) in [4.78, 5) is 31.5. The van der Waals surface area contributed by atoms with Gasteiger partial charge in [-0.3, -0.25) is 14.0 Å². The molecule has 3 heterocycles. The highest BCUT2D eigenvalue weighted by Crippen LogP contribution is 2.31. The molecule has 9 heteroatoms. The number of aromatic nitrogens is 3. The van der Waals surface area contributed by atoms with Gasteiger partial charge in [-0.2, -0.15) is 5.10 Å². The van der Waals surface area contributed by atoms with Gasteiger partial charge in [0.25, 0.3) is 5.56 Å². The van der Waals surface area contributed by atoms with E-state index in [2.05, 4.69) is 10.1 Å². The molecule has 0 bridgehead atoms. The van der Waals surface area contributed by atoms with Crippen LogP contribution in [-0.2, 0) is 16.6 Å². The average molecular weight is 453 g/mol. The van der Waals surface area contributed by atoms with Gasteiger partial charge in [-0.15, -0.1) is 0 Å². The summed E-state index contributed by atoms with van der Waals surface area (Å²) in [6, 6.07) is 6.67. The van der Waals surface area contributed by atoms with E-state index in [4.69, 9.17) is 9.47 Å². The quantitative estimate of drug-likeness (QED) is 0.552. The zero-order valence-corrected chi connectivity index (χ0v) is 19.4. The fraction of sp³-hybridized carbons (Fsp3) is 0.304. The Balaban J connectivity index is 1.95. The molecule has 1 aromatic carbocycles. The molecular formula is C23H24N4O4S. The second-order valence-electron chi connectivity index (χ2n) is 7.42. The number of nitrogens with zero attached hydrogens (tertiary/aromatic N) is 4. The Hall–Kier alpha value is -3.46. The summed E-state index contributed by atoms with van der Waals surface area (Å²) in [6.45, 7) is 5.65. The van der Waals surface area contributed by atoms with Crippen LogP contribution < -0.4 is 19.6 Å². The van der Waals surface area contributed by atoms with Gasteiger partial charge in [0.15, 0.2) is 4.80 Å². The first-order chi connectivity index (χ1) is 15.3. The number of fused-ring (bicyclic) bond motifs is 1. The number of rotatable bonds is 5. The van der Waals surface area contributed by atoms with E-state index < -0.39 is 12.0 Å². The lowest BCUT2D eigenvalue weighted by Gasteiger charge is -2.24. The van der Waals surface area contributed by atoms with Crippen LogP contribution in [0.2, 0.25) is 0 Å². The summed E-state index contributed by atoms with van der Waals surface area (Å²) in [5, 5.41) is 4.34. The van der Waals surface area contributed by atoms with Crippen LogP contribution in [0.4, 0.5) is 0 Å². The average Bonchev–Trinajstić information content (AvgIpc) is 3.24. The van der Waals surface area contributed by atoms with E-state index in [-0.39, 0.29) is 12.2 Å². The second-order valence-corrected chi connectivity index (χ2v) is 8.43. The van der Waals surface area contributed by atoms with Crippen molar-refractivity contribution in [3.8, 4) is 5.75 Å². The minimum Gasteiger partial charge on any atom is -0.497 e. The van der Waals surface area contributed by atoms with Gasteiger partial charge in [-0.1, -0.05) is 23.5 Å². The number of methoxy groups -OCH3 is 1. The third-order valence-corrected chi connectivity index (χ3v) is 6.27. The molecule has 4 rings (SSSR count). The monoisotopic (exact) mass is 452 g/mol. The molecule has 0 aliphatic carbocycles. The van der Waals surface area contributed by atoms with Crippen LogP contribution in [0.5, 0.6) is 5.75 Å². The van der Waals surface area contributed by atoms with Crippen molar-refractivity contribution in [2.45, 2.75) is 26.8 Å². The SMILES string of the molecule is CCOC(=O)C1=C(C)N=c2s/c(=C/c3cn(C)nc3C)c(=O)n2C1c1ccc(OC)cc1. The normalized spacial score (nSPS) is 16.0. The number of hydrogen-bond acceptors (Lipinski definition) is 7. The lowest BCUT2D eigenvalue weighted by Crippen LogP contribution is -2.39. The Morgan fingerprint density at radius 3 is 2.56 bits per heavy atom. The first-order valence-electron chi connectivity index (χ1n) is 10.2. The van der Waals surface area contributed by atoms with E-state index in [1.807, 2.05) is 50.5 Å². The number of ether oxygens (including phenoxy) is 2. The minimum atomic E-state index is -0.645. The van der Waals surface area contributed by atoms with E-state index in [0.29, 0.717) is 26.4 Å².